The van der Waals surface area contributed by atoms with Crippen molar-refractivity contribution >= 4 is 23.3 Å². The number of hydrogen-bond acceptors (Lipinski definition) is 4. The van der Waals surface area contributed by atoms with E-state index in [1.165, 1.54) is 17.0 Å². The topological polar surface area (TPSA) is 71.1 Å². The SMILES string of the molecule is CN1C(=O)COc2ccc(NC(=O)N3CCO[C@@H](c4ccc(F)cc4)C3)cc21. The van der Waals surface area contributed by atoms with E-state index in [2.05, 4.69) is 5.32 Å². The highest BCUT2D eigenvalue weighted by atomic mass is 19.1. The van der Waals surface area contributed by atoms with Crippen LogP contribution in [0.15, 0.2) is 42.5 Å². The van der Waals surface area contributed by atoms with Gasteiger partial charge in [-0.3, -0.25) is 4.79 Å². The van der Waals surface area contributed by atoms with E-state index in [9.17, 15) is 14.0 Å². The minimum atomic E-state index is -0.311. The van der Waals surface area contributed by atoms with E-state index >= 15 is 0 Å². The second-order valence-electron chi connectivity index (χ2n) is 6.71. The van der Waals surface area contributed by atoms with Gasteiger partial charge in [-0.05, 0) is 35.9 Å². The third kappa shape index (κ3) is 3.63. The molecular weight excluding hydrogens is 365 g/mol. The lowest BCUT2D eigenvalue weighted by Gasteiger charge is -2.33. The average molecular weight is 385 g/mol. The van der Waals surface area contributed by atoms with Gasteiger partial charge in [-0.15, -0.1) is 0 Å². The smallest absolute Gasteiger partial charge is 0.322 e. The van der Waals surface area contributed by atoms with Crippen molar-refractivity contribution in [3.8, 4) is 5.75 Å². The van der Waals surface area contributed by atoms with E-state index in [0.717, 1.165) is 5.56 Å². The maximum Gasteiger partial charge on any atom is 0.322 e. The Bertz CT molecular complexity index is 903. The van der Waals surface area contributed by atoms with Gasteiger partial charge in [-0.25, -0.2) is 9.18 Å². The lowest BCUT2D eigenvalue weighted by molar-refractivity contribution is -0.120. The van der Waals surface area contributed by atoms with Crippen LogP contribution < -0.4 is 15.0 Å². The Morgan fingerprint density at radius 1 is 1.21 bits per heavy atom. The first kappa shape index (κ1) is 18.2. The molecule has 4 rings (SSSR count). The number of ether oxygens (including phenoxy) is 2. The highest BCUT2D eigenvalue weighted by molar-refractivity contribution is 5.99. The number of morpholine rings is 1. The van der Waals surface area contributed by atoms with Gasteiger partial charge in [0, 0.05) is 19.3 Å². The molecule has 1 atom stereocenters. The van der Waals surface area contributed by atoms with Crippen molar-refractivity contribution in [3.63, 3.8) is 0 Å². The van der Waals surface area contributed by atoms with Gasteiger partial charge in [-0.2, -0.15) is 0 Å². The number of carbonyl (C=O) groups excluding carboxylic acids is 2. The summed E-state index contributed by atoms with van der Waals surface area (Å²) in [7, 11) is 1.67. The fourth-order valence-corrected chi connectivity index (χ4v) is 3.27. The molecule has 7 nitrogen and oxygen atoms in total. The summed E-state index contributed by atoms with van der Waals surface area (Å²) >= 11 is 0. The Morgan fingerprint density at radius 3 is 2.79 bits per heavy atom. The van der Waals surface area contributed by atoms with Crippen molar-refractivity contribution in [1.82, 2.24) is 4.90 Å². The third-order valence-corrected chi connectivity index (χ3v) is 4.89. The molecule has 1 saturated heterocycles. The molecule has 1 fully saturated rings. The number of anilines is 2. The minimum absolute atomic E-state index is 0.00770. The molecule has 0 bridgehead atoms. The van der Waals surface area contributed by atoms with Gasteiger partial charge < -0.3 is 24.6 Å². The lowest BCUT2D eigenvalue weighted by atomic mass is 10.1. The number of carbonyl (C=O) groups is 2. The van der Waals surface area contributed by atoms with E-state index in [1.807, 2.05) is 0 Å². The Morgan fingerprint density at radius 2 is 2.00 bits per heavy atom. The molecule has 2 heterocycles. The zero-order valence-electron chi connectivity index (χ0n) is 15.4. The second-order valence-corrected chi connectivity index (χ2v) is 6.71. The van der Waals surface area contributed by atoms with Gasteiger partial charge in [-0.1, -0.05) is 12.1 Å². The van der Waals surface area contributed by atoms with Crippen LogP contribution in [-0.2, 0) is 9.53 Å². The van der Waals surface area contributed by atoms with Gasteiger partial charge in [0.1, 0.15) is 17.7 Å². The van der Waals surface area contributed by atoms with E-state index < -0.39 is 0 Å². The fraction of sp³-hybridized carbons (Fsp3) is 0.300. The number of nitrogens with one attached hydrogen (secondary N) is 1. The molecule has 0 spiro atoms. The molecule has 0 aromatic heterocycles. The lowest BCUT2D eigenvalue weighted by Crippen LogP contribution is -2.44. The maximum atomic E-state index is 13.1. The summed E-state index contributed by atoms with van der Waals surface area (Å²) in [6.45, 7) is 1.22. The highest BCUT2D eigenvalue weighted by Gasteiger charge is 2.27. The molecule has 2 aliphatic heterocycles. The molecule has 2 aliphatic rings. The molecule has 0 unspecified atom stereocenters. The Hall–Kier alpha value is -3.13. The molecule has 0 aliphatic carbocycles. The first-order chi connectivity index (χ1) is 13.5. The van der Waals surface area contributed by atoms with E-state index in [4.69, 9.17) is 9.47 Å². The van der Waals surface area contributed by atoms with Crippen LogP contribution in [0.4, 0.5) is 20.6 Å². The number of amides is 3. The highest BCUT2D eigenvalue weighted by Crippen LogP contribution is 2.33. The van der Waals surface area contributed by atoms with Crippen molar-refractivity contribution in [2.75, 3.05) is 43.6 Å². The van der Waals surface area contributed by atoms with Crippen LogP contribution in [0.2, 0.25) is 0 Å². The zero-order valence-corrected chi connectivity index (χ0v) is 15.4. The normalized spacial score (nSPS) is 19.1. The number of benzene rings is 2. The molecule has 0 radical (unpaired) electrons. The van der Waals surface area contributed by atoms with Crippen molar-refractivity contribution in [1.29, 1.82) is 0 Å². The van der Waals surface area contributed by atoms with Gasteiger partial charge >= 0.3 is 6.03 Å². The molecular formula is C20H20FN3O4. The molecule has 0 saturated carbocycles. The third-order valence-electron chi connectivity index (χ3n) is 4.89. The van der Waals surface area contributed by atoms with E-state index in [1.54, 1.807) is 42.3 Å². The number of hydrogen-bond donors (Lipinski definition) is 1. The molecule has 146 valence electrons. The van der Waals surface area contributed by atoms with Crippen LogP contribution in [0, 0.1) is 5.82 Å². The summed E-state index contributed by atoms with van der Waals surface area (Å²) in [4.78, 5) is 27.7. The number of rotatable bonds is 2. The number of halogens is 1. The largest absolute Gasteiger partial charge is 0.482 e. The fourth-order valence-electron chi connectivity index (χ4n) is 3.27. The quantitative estimate of drug-likeness (QED) is 0.863. The van der Waals surface area contributed by atoms with Crippen LogP contribution in [0.5, 0.6) is 5.75 Å². The summed E-state index contributed by atoms with van der Waals surface area (Å²) in [6.07, 6.45) is -0.305. The summed E-state index contributed by atoms with van der Waals surface area (Å²) in [5, 5.41) is 2.86. The van der Waals surface area contributed by atoms with Crippen LogP contribution in [0.1, 0.15) is 11.7 Å². The number of nitrogens with zero attached hydrogens (tertiary/aromatic N) is 2. The Kier molecular flexibility index (Phi) is 4.87. The van der Waals surface area contributed by atoms with Crippen molar-refractivity contribution < 1.29 is 23.5 Å². The monoisotopic (exact) mass is 385 g/mol. The van der Waals surface area contributed by atoms with Crippen molar-refractivity contribution in [2.45, 2.75) is 6.10 Å². The molecule has 2 aromatic carbocycles. The molecule has 8 heteroatoms. The first-order valence-corrected chi connectivity index (χ1v) is 8.97. The Labute approximate surface area is 161 Å². The summed E-state index contributed by atoms with van der Waals surface area (Å²) in [5.41, 5.74) is 2.00. The minimum Gasteiger partial charge on any atom is -0.482 e. The zero-order chi connectivity index (χ0) is 19.7. The summed E-state index contributed by atoms with van der Waals surface area (Å²) < 4.78 is 24.3. The molecule has 3 amide bonds. The number of likely N-dealkylation sites (N-methyl/N-ethyl adjacent to an activating group) is 1. The van der Waals surface area contributed by atoms with E-state index in [0.29, 0.717) is 36.8 Å². The number of fused-ring (bicyclic) bond motifs is 1. The summed E-state index contributed by atoms with van der Waals surface area (Å²) in [5.74, 6) is 0.142. The van der Waals surface area contributed by atoms with Gasteiger partial charge in [0.2, 0.25) is 0 Å². The van der Waals surface area contributed by atoms with Crippen LogP contribution in [-0.4, -0.2) is 50.2 Å². The standard InChI is InChI=1S/C20H20FN3O4/c1-23-16-10-15(6-7-17(16)28-12-19(23)25)22-20(26)24-8-9-27-18(11-24)13-2-4-14(21)5-3-13/h2-7,10,18H,8-9,11-12H2,1H3,(H,22,26)/t18-/m1/s1. The first-order valence-electron chi connectivity index (χ1n) is 8.97. The number of urea groups is 1. The van der Waals surface area contributed by atoms with Gasteiger partial charge in [0.25, 0.3) is 5.91 Å². The van der Waals surface area contributed by atoms with Crippen molar-refractivity contribution in [2.24, 2.45) is 0 Å². The Balaban J connectivity index is 1.45. The van der Waals surface area contributed by atoms with Gasteiger partial charge in [0.05, 0.1) is 18.8 Å². The van der Waals surface area contributed by atoms with Gasteiger partial charge in [0.15, 0.2) is 6.61 Å². The molecule has 2 aromatic rings. The maximum absolute atomic E-state index is 13.1. The predicted octanol–water partition coefficient (Wildman–Crippen LogP) is 2.79. The van der Waals surface area contributed by atoms with Crippen LogP contribution in [0.25, 0.3) is 0 Å². The summed E-state index contributed by atoms with van der Waals surface area (Å²) in [6, 6.07) is 11.0. The van der Waals surface area contributed by atoms with Crippen LogP contribution >= 0.6 is 0 Å². The molecule has 28 heavy (non-hydrogen) atoms. The van der Waals surface area contributed by atoms with E-state index in [-0.39, 0.29) is 30.5 Å². The average Bonchev–Trinajstić information content (AvgIpc) is 2.72. The van der Waals surface area contributed by atoms with Crippen LogP contribution in [0.3, 0.4) is 0 Å². The van der Waals surface area contributed by atoms with Crippen molar-refractivity contribution in [3.05, 3.63) is 53.8 Å². The second kappa shape index (κ2) is 7.47. The predicted molar refractivity (Wildman–Crippen MR) is 101 cm³/mol. The molecule has 1 N–H and O–H groups in total.